The van der Waals surface area contributed by atoms with Crippen LogP contribution in [0.5, 0.6) is 0 Å². The molecule has 0 bridgehead atoms. The SMILES string of the molecule is CCS(=O)(=O)NCCNC(=NC)NC1CCN(C(=O)C2CCCC2)C1. The molecule has 0 aromatic carbocycles. The van der Waals surface area contributed by atoms with Gasteiger partial charge in [-0.25, -0.2) is 13.1 Å². The molecule has 25 heavy (non-hydrogen) atoms. The number of carbonyl (C=O) groups is 1. The molecule has 0 radical (unpaired) electrons. The summed E-state index contributed by atoms with van der Waals surface area (Å²) in [4.78, 5) is 18.6. The molecule has 0 aromatic rings. The first-order valence-corrected chi connectivity index (χ1v) is 10.8. The van der Waals surface area contributed by atoms with Crippen molar-refractivity contribution in [3.63, 3.8) is 0 Å². The van der Waals surface area contributed by atoms with Crippen molar-refractivity contribution in [3.05, 3.63) is 0 Å². The predicted molar refractivity (Wildman–Crippen MR) is 98.9 cm³/mol. The lowest BCUT2D eigenvalue weighted by Crippen LogP contribution is -2.47. The zero-order valence-corrected chi connectivity index (χ0v) is 16.1. The van der Waals surface area contributed by atoms with E-state index in [1.807, 2.05) is 4.90 Å². The molecule has 9 heteroatoms. The number of amides is 1. The Morgan fingerprint density at radius 2 is 1.92 bits per heavy atom. The number of nitrogens with zero attached hydrogens (tertiary/aromatic N) is 2. The van der Waals surface area contributed by atoms with Gasteiger partial charge in [-0.3, -0.25) is 9.79 Å². The quantitative estimate of drug-likeness (QED) is 0.328. The second-order valence-electron chi connectivity index (χ2n) is 6.69. The molecule has 1 atom stereocenters. The Morgan fingerprint density at radius 3 is 2.56 bits per heavy atom. The number of sulfonamides is 1. The van der Waals surface area contributed by atoms with Crippen molar-refractivity contribution >= 4 is 21.9 Å². The smallest absolute Gasteiger partial charge is 0.225 e. The highest BCUT2D eigenvalue weighted by atomic mass is 32.2. The summed E-state index contributed by atoms with van der Waals surface area (Å²) in [5, 5.41) is 6.42. The van der Waals surface area contributed by atoms with Crippen molar-refractivity contribution in [1.29, 1.82) is 0 Å². The molecule has 1 saturated carbocycles. The summed E-state index contributed by atoms with van der Waals surface area (Å²) in [5.41, 5.74) is 0. The summed E-state index contributed by atoms with van der Waals surface area (Å²) in [7, 11) is -1.48. The highest BCUT2D eigenvalue weighted by Gasteiger charge is 2.32. The van der Waals surface area contributed by atoms with Crippen molar-refractivity contribution in [2.75, 3.05) is 39.0 Å². The van der Waals surface area contributed by atoms with Crippen LogP contribution in [0.1, 0.15) is 39.0 Å². The standard InChI is InChI=1S/C16H31N5O3S/c1-3-25(23,24)19-10-9-18-16(17-2)20-14-8-11-21(12-14)15(22)13-6-4-5-7-13/h13-14,19H,3-12H2,1-2H3,(H2,17,18,20). The highest BCUT2D eigenvalue weighted by molar-refractivity contribution is 7.89. The molecular formula is C16H31N5O3S. The number of likely N-dealkylation sites (tertiary alicyclic amines) is 1. The fourth-order valence-corrected chi connectivity index (χ4v) is 4.00. The van der Waals surface area contributed by atoms with Gasteiger partial charge in [0.25, 0.3) is 0 Å². The molecule has 8 nitrogen and oxygen atoms in total. The van der Waals surface area contributed by atoms with Gasteiger partial charge in [0.1, 0.15) is 0 Å². The summed E-state index contributed by atoms with van der Waals surface area (Å²) in [6.07, 6.45) is 5.31. The van der Waals surface area contributed by atoms with Gasteiger partial charge in [-0.15, -0.1) is 0 Å². The van der Waals surface area contributed by atoms with Crippen LogP contribution in [0, 0.1) is 5.92 Å². The molecule has 1 aliphatic heterocycles. The van der Waals surface area contributed by atoms with Crippen molar-refractivity contribution in [3.8, 4) is 0 Å². The average Bonchev–Trinajstić information content (AvgIpc) is 3.28. The minimum absolute atomic E-state index is 0.0763. The monoisotopic (exact) mass is 373 g/mol. The van der Waals surface area contributed by atoms with E-state index in [1.165, 1.54) is 12.8 Å². The van der Waals surface area contributed by atoms with Crippen molar-refractivity contribution < 1.29 is 13.2 Å². The van der Waals surface area contributed by atoms with Crippen LogP contribution in [0.15, 0.2) is 4.99 Å². The topological polar surface area (TPSA) is 103 Å². The second kappa shape index (κ2) is 9.38. The van der Waals surface area contributed by atoms with Crippen LogP contribution in [0.25, 0.3) is 0 Å². The number of hydrogen-bond donors (Lipinski definition) is 3. The number of guanidine groups is 1. The Bertz CT molecular complexity index is 572. The Balaban J connectivity index is 1.70. The third-order valence-corrected chi connectivity index (χ3v) is 6.29. The first-order chi connectivity index (χ1) is 11.9. The van der Waals surface area contributed by atoms with Crippen LogP contribution < -0.4 is 15.4 Å². The molecular weight excluding hydrogens is 342 g/mol. The first-order valence-electron chi connectivity index (χ1n) is 9.18. The van der Waals surface area contributed by atoms with Crippen LogP contribution in [0.4, 0.5) is 0 Å². The summed E-state index contributed by atoms with van der Waals surface area (Å²) in [6, 6.07) is 0.184. The van der Waals surface area contributed by atoms with E-state index in [9.17, 15) is 13.2 Å². The van der Waals surface area contributed by atoms with Gasteiger partial charge in [-0.05, 0) is 26.2 Å². The van der Waals surface area contributed by atoms with Gasteiger partial charge in [-0.2, -0.15) is 0 Å². The number of hydrogen-bond acceptors (Lipinski definition) is 4. The highest BCUT2D eigenvalue weighted by Crippen LogP contribution is 2.27. The Hall–Kier alpha value is -1.35. The molecule has 1 aliphatic carbocycles. The summed E-state index contributed by atoms with van der Waals surface area (Å²) in [6.45, 7) is 3.87. The number of rotatable bonds is 7. The van der Waals surface area contributed by atoms with Crippen LogP contribution in [0.3, 0.4) is 0 Å². The van der Waals surface area contributed by atoms with E-state index in [-0.39, 0.29) is 17.7 Å². The van der Waals surface area contributed by atoms with Crippen molar-refractivity contribution in [2.45, 2.75) is 45.1 Å². The van der Waals surface area contributed by atoms with E-state index >= 15 is 0 Å². The van der Waals surface area contributed by atoms with E-state index in [2.05, 4.69) is 20.3 Å². The minimum atomic E-state index is -3.17. The number of nitrogens with one attached hydrogen (secondary N) is 3. The fourth-order valence-electron chi connectivity index (χ4n) is 3.39. The van der Waals surface area contributed by atoms with Crippen LogP contribution >= 0.6 is 0 Å². The maximum Gasteiger partial charge on any atom is 0.225 e. The number of carbonyl (C=O) groups excluding carboxylic acids is 1. The average molecular weight is 374 g/mol. The zero-order chi connectivity index (χ0) is 18.3. The second-order valence-corrected chi connectivity index (χ2v) is 8.79. The Kier molecular flexibility index (Phi) is 7.49. The first kappa shape index (κ1) is 20.0. The van der Waals surface area contributed by atoms with Gasteiger partial charge in [-0.1, -0.05) is 12.8 Å². The molecule has 0 spiro atoms. The maximum atomic E-state index is 12.5. The van der Waals surface area contributed by atoms with Gasteiger partial charge in [0.2, 0.25) is 15.9 Å². The third kappa shape index (κ3) is 6.14. The third-order valence-electron chi connectivity index (χ3n) is 4.89. The lowest BCUT2D eigenvalue weighted by molar-refractivity contribution is -0.134. The lowest BCUT2D eigenvalue weighted by atomic mass is 10.1. The van der Waals surface area contributed by atoms with Gasteiger partial charge in [0, 0.05) is 45.2 Å². The van der Waals surface area contributed by atoms with Crippen molar-refractivity contribution in [2.24, 2.45) is 10.9 Å². The van der Waals surface area contributed by atoms with Gasteiger partial charge >= 0.3 is 0 Å². The normalized spacial score (nSPS) is 22.4. The summed E-state index contributed by atoms with van der Waals surface area (Å²) >= 11 is 0. The van der Waals surface area contributed by atoms with Crippen LogP contribution in [0.2, 0.25) is 0 Å². The van der Waals surface area contributed by atoms with Gasteiger partial charge in [0.05, 0.1) is 5.75 Å². The molecule has 144 valence electrons. The number of aliphatic imine (C=N–C) groups is 1. The molecule has 1 amide bonds. The van der Waals surface area contributed by atoms with Gasteiger partial charge in [0.15, 0.2) is 5.96 Å². The lowest BCUT2D eigenvalue weighted by Gasteiger charge is -2.21. The maximum absolute atomic E-state index is 12.5. The molecule has 1 unspecified atom stereocenters. The van der Waals surface area contributed by atoms with E-state index < -0.39 is 10.0 Å². The van der Waals surface area contributed by atoms with E-state index in [4.69, 9.17) is 0 Å². The van der Waals surface area contributed by atoms with Crippen molar-refractivity contribution in [1.82, 2.24) is 20.3 Å². The Labute approximate surface area is 150 Å². The molecule has 0 aromatic heterocycles. The molecule has 2 fully saturated rings. The molecule has 2 rings (SSSR count). The summed E-state index contributed by atoms with van der Waals surface area (Å²) < 4.78 is 25.3. The molecule has 2 aliphatic rings. The fraction of sp³-hybridized carbons (Fsp3) is 0.875. The molecule has 3 N–H and O–H groups in total. The van der Waals surface area contributed by atoms with E-state index in [0.29, 0.717) is 31.5 Å². The molecule has 1 saturated heterocycles. The summed E-state index contributed by atoms with van der Waals surface area (Å²) in [5.74, 6) is 1.24. The Morgan fingerprint density at radius 1 is 1.20 bits per heavy atom. The van der Waals surface area contributed by atoms with E-state index in [1.54, 1.807) is 14.0 Å². The molecule has 1 heterocycles. The zero-order valence-electron chi connectivity index (χ0n) is 15.3. The van der Waals surface area contributed by atoms with Gasteiger partial charge < -0.3 is 15.5 Å². The van der Waals surface area contributed by atoms with Crippen LogP contribution in [-0.2, 0) is 14.8 Å². The largest absolute Gasteiger partial charge is 0.355 e. The predicted octanol–water partition coefficient (Wildman–Crippen LogP) is -0.118. The minimum Gasteiger partial charge on any atom is -0.355 e. The van der Waals surface area contributed by atoms with Crippen LogP contribution in [-0.4, -0.2) is 70.2 Å². The van der Waals surface area contributed by atoms with E-state index in [0.717, 1.165) is 25.8 Å².